The molecule has 1 aromatic carbocycles. The maximum atomic E-state index is 12.2. The monoisotopic (exact) mass is 330 g/mol. The van der Waals surface area contributed by atoms with Gasteiger partial charge in [-0.1, -0.05) is 18.0 Å². The van der Waals surface area contributed by atoms with E-state index in [0.717, 1.165) is 36.8 Å². The fourth-order valence-corrected chi connectivity index (χ4v) is 3.08. The number of benzene rings is 1. The molecule has 0 spiro atoms. The summed E-state index contributed by atoms with van der Waals surface area (Å²) in [6, 6.07) is 6.95. The molecule has 1 aliphatic carbocycles. The van der Waals surface area contributed by atoms with E-state index in [-0.39, 0.29) is 24.5 Å². The van der Waals surface area contributed by atoms with Crippen LogP contribution in [0.3, 0.4) is 0 Å². The Morgan fingerprint density at radius 2 is 2.00 bits per heavy atom. The first-order chi connectivity index (χ1) is 11.6. The number of hydrogen-bond acceptors (Lipinski definition) is 5. The van der Waals surface area contributed by atoms with Gasteiger partial charge in [0.05, 0.1) is 5.56 Å². The van der Waals surface area contributed by atoms with E-state index in [2.05, 4.69) is 5.16 Å². The highest BCUT2D eigenvalue weighted by Crippen LogP contribution is 2.28. The molecule has 1 aliphatic rings. The Kier molecular flexibility index (Phi) is 4.74. The molecule has 0 radical (unpaired) electrons. The molecule has 1 saturated carbocycles. The van der Waals surface area contributed by atoms with Gasteiger partial charge in [0, 0.05) is 18.7 Å². The molecule has 0 atom stereocenters. The molecule has 1 fully saturated rings. The number of aromatic nitrogens is 1. The quantitative estimate of drug-likeness (QED) is 0.921. The molecule has 0 bridgehead atoms. The zero-order chi connectivity index (χ0) is 17.1. The molecule has 6 nitrogen and oxygen atoms in total. The van der Waals surface area contributed by atoms with Crippen LogP contribution in [-0.2, 0) is 11.3 Å². The van der Waals surface area contributed by atoms with Crippen LogP contribution in [0.1, 0.15) is 37.0 Å². The number of hydrogen-bond donors (Lipinski definition) is 1. The van der Waals surface area contributed by atoms with Gasteiger partial charge in [-0.15, -0.1) is 0 Å². The van der Waals surface area contributed by atoms with Gasteiger partial charge in [0.15, 0.2) is 0 Å². The van der Waals surface area contributed by atoms with Crippen molar-refractivity contribution >= 4 is 6.09 Å². The van der Waals surface area contributed by atoms with Crippen LogP contribution in [0.15, 0.2) is 28.8 Å². The van der Waals surface area contributed by atoms with E-state index in [1.807, 2.05) is 0 Å². The van der Waals surface area contributed by atoms with Crippen molar-refractivity contribution in [1.29, 1.82) is 0 Å². The number of amides is 1. The maximum Gasteiger partial charge on any atom is 0.410 e. The molecule has 1 aromatic heterocycles. The molecule has 1 N–H and O–H groups in total. The number of nitrogens with zero attached hydrogens (tertiary/aromatic N) is 2. The van der Waals surface area contributed by atoms with Crippen LogP contribution >= 0.6 is 0 Å². The van der Waals surface area contributed by atoms with Crippen molar-refractivity contribution < 1.29 is 19.2 Å². The minimum absolute atomic E-state index is 0.113. The lowest BCUT2D eigenvalue weighted by molar-refractivity contribution is 0.0915. The Hall–Kier alpha value is -2.50. The summed E-state index contributed by atoms with van der Waals surface area (Å²) < 4.78 is 10.7. The first-order valence-corrected chi connectivity index (χ1v) is 8.20. The van der Waals surface area contributed by atoms with E-state index < -0.39 is 0 Å². The second-order valence-electron chi connectivity index (χ2n) is 6.22. The predicted molar refractivity (Wildman–Crippen MR) is 88.5 cm³/mol. The van der Waals surface area contributed by atoms with Gasteiger partial charge in [-0.3, -0.25) is 0 Å². The third-order valence-electron chi connectivity index (χ3n) is 4.63. The molecule has 0 aliphatic heterocycles. The molecule has 128 valence electrons. The summed E-state index contributed by atoms with van der Waals surface area (Å²) >= 11 is 0. The van der Waals surface area contributed by atoms with Crippen LogP contribution < -0.4 is 0 Å². The van der Waals surface area contributed by atoms with Crippen LogP contribution in [0.4, 0.5) is 4.79 Å². The Morgan fingerprint density at radius 3 is 2.67 bits per heavy atom. The highest BCUT2D eigenvalue weighted by atomic mass is 16.6. The standard InChI is InChI=1S/C18H22N2O4/c1-12-16(11-23-18(22)20(2)14-5-3-4-6-14)17(19-24-12)13-7-9-15(21)10-8-13/h7-10,14,21H,3-6,11H2,1-2H3. The highest BCUT2D eigenvalue weighted by molar-refractivity contribution is 5.69. The van der Waals surface area contributed by atoms with Crippen molar-refractivity contribution in [3.8, 4) is 17.0 Å². The SMILES string of the molecule is Cc1onc(-c2ccc(O)cc2)c1COC(=O)N(C)C1CCCC1. The molecule has 2 aromatic rings. The van der Waals surface area contributed by atoms with Crippen LogP contribution in [0.5, 0.6) is 5.75 Å². The molecule has 6 heteroatoms. The number of rotatable bonds is 4. The summed E-state index contributed by atoms with van der Waals surface area (Å²) in [5, 5.41) is 13.5. The summed E-state index contributed by atoms with van der Waals surface area (Å²) in [5.74, 6) is 0.805. The van der Waals surface area contributed by atoms with Crippen molar-refractivity contribution in [1.82, 2.24) is 10.1 Å². The average molecular weight is 330 g/mol. The van der Waals surface area contributed by atoms with Crippen LogP contribution in [0.2, 0.25) is 0 Å². The van der Waals surface area contributed by atoms with Crippen LogP contribution in [-0.4, -0.2) is 34.3 Å². The highest BCUT2D eigenvalue weighted by Gasteiger charge is 2.25. The molecule has 0 saturated heterocycles. The van der Waals surface area contributed by atoms with E-state index in [0.29, 0.717) is 11.5 Å². The number of aromatic hydroxyl groups is 1. The molecule has 0 unspecified atom stereocenters. The number of ether oxygens (including phenoxy) is 1. The third kappa shape index (κ3) is 3.37. The third-order valence-corrected chi connectivity index (χ3v) is 4.63. The zero-order valence-corrected chi connectivity index (χ0v) is 14.0. The van der Waals surface area contributed by atoms with E-state index in [4.69, 9.17) is 9.26 Å². The van der Waals surface area contributed by atoms with E-state index >= 15 is 0 Å². The number of carbonyl (C=O) groups excluding carboxylic acids is 1. The van der Waals surface area contributed by atoms with Gasteiger partial charge in [-0.2, -0.15) is 0 Å². The van der Waals surface area contributed by atoms with E-state index in [1.165, 1.54) is 0 Å². The number of carbonyl (C=O) groups is 1. The lowest BCUT2D eigenvalue weighted by Crippen LogP contribution is -2.35. The van der Waals surface area contributed by atoms with Gasteiger partial charge in [0.2, 0.25) is 0 Å². The number of phenols is 1. The van der Waals surface area contributed by atoms with Gasteiger partial charge in [0.25, 0.3) is 0 Å². The minimum atomic E-state index is -0.320. The summed E-state index contributed by atoms with van der Waals surface area (Å²) in [6.07, 6.45) is 4.09. The molecular weight excluding hydrogens is 308 g/mol. The molecule has 3 rings (SSSR count). The van der Waals surface area contributed by atoms with Crippen molar-refractivity contribution in [2.45, 2.75) is 45.3 Å². The normalized spacial score (nSPS) is 14.8. The molecule has 1 heterocycles. The lowest BCUT2D eigenvalue weighted by Gasteiger charge is -2.23. The zero-order valence-electron chi connectivity index (χ0n) is 14.0. The molecular formula is C18H22N2O4. The predicted octanol–water partition coefficient (Wildman–Crippen LogP) is 3.87. The lowest BCUT2D eigenvalue weighted by atomic mass is 10.1. The van der Waals surface area contributed by atoms with Crippen LogP contribution in [0.25, 0.3) is 11.3 Å². The van der Waals surface area contributed by atoms with Crippen molar-refractivity contribution in [2.24, 2.45) is 0 Å². The fourth-order valence-electron chi connectivity index (χ4n) is 3.08. The van der Waals surface area contributed by atoms with Crippen molar-refractivity contribution in [3.05, 3.63) is 35.6 Å². The first-order valence-electron chi connectivity index (χ1n) is 8.20. The van der Waals surface area contributed by atoms with Crippen molar-refractivity contribution in [2.75, 3.05) is 7.05 Å². The number of phenolic OH excluding ortho intramolecular Hbond substituents is 1. The summed E-state index contributed by atoms with van der Waals surface area (Å²) in [5.41, 5.74) is 2.18. The Balaban J connectivity index is 1.70. The second kappa shape index (κ2) is 6.95. The number of aryl methyl sites for hydroxylation is 1. The maximum absolute atomic E-state index is 12.2. The Bertz CT molecular complexity index is 702. The van der Waals surface area contributed by atoms with Gasteiger partial charge < -0.3 is 19.3 Å². The molecule has 1 amide bonds. The Labute approximate surface area is 141 Å². The van der Waals surface area contributed by atoms with Crippen molar-refractivity contribution in [3.63, 3.8) is 0 Å². The van der Waals surface area contributed by atoms with Gasteiger partial charge in [-0.25, -0.2) is 4.79 Å². The second-order valence-corrected chi connectivity index (χ2v) is 6.22. The van der Waals surface area contributed by atoms with E-state index in [1.54, 1.807) is 43.1 Å². The minimum Gasteiger partial charge on any atom is -0.508 e. The molecule has 24 heavy (non-hydrogen) atoms. The average Bonchev–Trinajstić information content (AvgIpc) is 3.23. The van der Waals surface area contributed by atoms with Gasteiger partial charge in [-0.05, 0) is 44.0 Å². The van der Waals surface area contributed by atoms with Gasteiger partial charge in [0.1, 0.15) is 23.8 Å². The van der Waals surface area contributed by atoms with E-state index in [9.17, 15) is 9.90 Å². The largest absolute Gasteiger partial charge is 0.508 e. The summed E-state index contributed by atoms with van der Waals surface area (Å²) in [4.78, 5) is 13.9. The summed E-state index contributed by atoms with van der Waals surface area (Å²) in [7, 11) is 1.79. The van der Waals surface area contributed by atoms with Crippen LogP contribution in [0, 0.1) is 6.92 Å². The smallest absolute Gasteiger partial charge is 0.410 e. The first kappa shape index (κ1) is 16.4. The topological polar surface area (TPSA) is 75.8 Å². The summed E-state index contributed by atoms with van der Waals surface area (Å²) in [6.45, 7) is 1.90. The Morgan fingerprint density at radius 1 is 1.33 bits per heavy atom. The van der Waals surface area contributed by atoms with Gasteiger partial charge >= 0.3 is 6.09 Å². The fraction of sp³-hybridized carbons (Fsp3) is 0.444.